The molecule has 1 fully saturated rings. The molecule has 10 heteroatoms. The van der Waals surface area contributed by atoms with Crippen LogP contribution in [0.2, 0.25) is 0 Å². The highest BCUT2D eigenvalue weighted by Crippen LogP contribution is 2.44. The number of amides is 1. The van der Waals surface area contributed by atoms with Gasteiger partial charge in [0.2, 0.25) is 5.91 Å². The standard InChI is InChI=1S/C29H34F2N6O2/c1-18(39)35-11-9-26-25(16-35)29(33-37(26)22-7-5-19(17-38)6-8-22)36-10-3-4-20-12-23(21-14-32-34(2)15-21)24(28(30)31)13-27(20)36/h12-15,17,19,22,28H,3-11,16H2,1-2H3/t19-,22-. The van der Waals surface area contributed by atoms with Crippen LogP contribution in [0.1, 0.15) is 73.9 Å². The molecule has 1 saturated carbocycles. The third-order valence-electron chi connectivity index (χ3n) is 8.67. The van der Waals surface area contributed by atoms with Crippen molar-refractivity contribution >= 4 is 23.7 Å². The van der Waals surface area contributed by atoms with Crippen LogP contribution in [0.15, 0.2) is 24.5 Å². The molecule has 1 amide bonds. The summed E-state index contributed by atoms with van der Waals surface area (Å²) in [5, 5.41) is 9.35. The molecule has 2 aliphatic heterocycles. The first-order chi connectivity index (χ1) is 18.8. The summed E-state index contributed by atoms with van der Waals surface area (Å²) in [5.41, 5.74) is 5.10. The number of fused-ring (bicyclic) bond motifs is 2. The van der Waals surface area contributed by atoms with Gasteiger partial charge in [-0.1, -0.05) is 0 Å². The van der Waals surface area contributed by atoms with Gasteiger partial charge in [-0.2, -0.15) is 10.2 Å². The average Bonchev–Trinajstić information content (AvgIpc) is 3.55. The maximum atomic E-state index is 14.4. The smallest absolute Gasteiger partial charge is 0.264 e. The Morgan fingerprint density at radius 3 is 2.59 bits per heavy atom. The number of nitrogens with zero attached hydrogens (tertiary/aromatic N) is 6. The van der Waals surface area contributed by atoms with Gasteiger partial charge in [-0.05, 0) is 61.8 Å². The second-order valence-corrected chi connectivity index (χ2v) is 11.1. The van der Waals surface area contributed by atoms with Crippen molar-refractivity contribution in [3.63, 3.8) is 0 Å². The summed E-state index contributed by atoms with van der Waals surface area (Å²) in [7, 11) is 1.78. The van der Waals surface area contributed by atoms with E-state index in [-0.39, 0.29) is 23.4 Å². The molecule has 0 radical (unpaired) electrons. The zero-order valence-electron chi connectivity index (χ0n) is 22.4. The summed E-state index contributed by atoms with van der Waals surface area (Å²) < 4.78 is 32.6. The molecule has 1 aliphatic carbocycles. The zero-order chi connectivity index (χ0) is 27.3. The predicted molar refractivity (Wildman–Crippen MR) is 143 cm³/mol. The Hall–Kier alpha value is -3.56. The predicted octanol–water partition coefficient (Wildman–Crippen LogP) is 5.14. The van der Waals surface area contributed by atoms with Gasteiger partial charge in [0, 0.05) is 73.7 Å². The maximum Gasteiger partial charge on any atom is 0.264 e. The van der Waals surface area contributed by atoms with Crippen LogP contribution < -0.4 is 4.90 Å². The van der Waals surface area contributed by atoms with Crippen molar-refractivity contribution in [2.45, 2.75) is 70.9 Å². The van der Waals surface area contributed by atoms with Crippen LogP contribution in [-0.4, -0.2) is 49.7 Å². The second-order valence-electron chi connectivity index (χ2n) is 11.1. The third-order valence-corrected chi connectivity index (χ3v) is 8.67. The van der Waals surface area contributed by atoms with E-state index in [9.17, 15) is 18.4 Å². The van der Waals surface area contributed by atoms with E-state index in [0.717, 1.165) is 73.1 Å². The van der Waals surface area contributed by atoms with E-state index in [1.165, 1.54) is 0 Å². The van der Waals surface area contributed by atoms with Crippen LogP contribution in [0, 0.1) is 5.92 Å². The summed E-state index contributed by atoms with van der Waals surface area (Å²) in [6.07, 6.45) is 7.65. The van der Waals surface area contributed by atoms with Gasteiger partial charge >= 0.3 is 0 Å². The Morgan fingerprint density at radius 2 is 1.92 bits per heavy atom. The van der Waals surface area contributed by atoms with Crippen LogP contribution in [0.25, 0.3) is 11.1 Å². The summed E-state index contributed by atoms with van der Waals surface area (Å²) in [6.45, 7) is 3.35. The molecule has 8 nitrogen and oxygen atoms in total. The minimum atomic E-state index is -2.64. The number of benzene rings is 1. The Bertz CT molecular complexity index is 1400. The lowest BCUT2D eigenvalue weighted by atomic mass is 9.87. The first-order valence-electron chi connectivity index (χ1n) is 13.9. The van der Waals surface area contributed by atoms with Crippen LogP contribution in [0.3, 0.4) is 0 Å². The largest absolute Gasteiger partial charge is 0.338 e. The molecule has 0 atom stereocenters. The lowest BCUT2D eigenvalue weighted by Gasteiger charge is -2.33. The van der Waals surface area contributed by atoms with Crippen LogP contribution in [0.5, 0.6) is 0 Å². The van der Waals surface area contributed by atoms with Crippen molar-refractivity contribution in [2.24, 2.45) is 13.0 Å². The van der Waals surface area contributed by atoms with E-state index >= 15 is 0 Å². The number of alkyl halides is 2. The number of hydrogen-bond donors (Lipinski definition) is 0. The normalized spacial score (nSPS) is 21.2. The molecule has 1 aromatic carbocycles. The highest BCUT2D eigenvalue weighted by atomic mass is 19.3. The number of rotatable bonds is 5. The fourth-order valence-corrected chi connectivity index (χ4v) is 6.56. The maximum absolute atomic E-state index is 14.4. The Morgan fingerprint density at radius 1 is 1.13 bits per heavy atom. The molecule has 6 rings (SSSR count). The average molecular weight is 537 g/mol. The fourth-order valence-electron chi connectivity index (χ4n) is 6.56. The lowest BCUT2D eigenvalue weighted by molar-refractivity contribution is -0.129. The number of aryl methyl sites for hydroxylation is 2. The Labute approximate surface area is 226 Å². The van der Waals surface area contributed by atoms with E-state index in [4.69, 9.17) is 5.10 Å². The highest BCUT2D eigenvalue weighted by Gasteiger charge is 2.34. The Balaban J connectivity index is 1.44. The molecule has 0 bridgehead atoms. The van der Waals surface area contributed by atoms with Gasteiger partial charge in [-0.3, -0.25) is 14.2 Å². The molecule has 0 unspecified atom stereocenters. The van der Waals surface area contributed by atoms with Crippen molar-refractivity contribution in [1.29, 1.82) is 0 Å². The molecular formula is C29H34F2N6O2. The highest BCUT2D eigenvalue weighted by molar-refractivity contribution is 5.78. The van der Waals surface area contributed by atoms with Gasteiger partial charge < -0.3 is 14.6 Å². The molecule has 3 aliphatic rings. The topological polar surface area (TPSA) is 76.3 Å². The number of carbonyl (C=O) groups is 2. The molecule has 39 heavy (non-hydrogen) atoms. The number of halogens is 2. The van der Waals surface area contributed by atoms with E-state index in [0.29, 0.717) is 37.2 Å². The molecule has 3 aromatic rings. The summed E-state index contributed by atoms with van der Waals surface area (Å²) in [4.78, 5) is 27.6. The summed E-state index contributed by atoms with van der Waals surface area (Å²) >= 11 is 0. The molecule has 0 saturated heterocycles. The second kappa shape index (κ2) is 10.2. The fraction of sp³-hybridized carbons (Fsp3) is 0.517. The summed E-state index contributed by atoms with van der Waals surface area (Å²) in [5.74, 6) is 0.894. The van der Waals surface area contributed by atoms with Crippen molar-refractivity contribution in [1.82, 2.24) is 24.5 Å². The third kappa shape index (κ3) is 4.63. The van der Waals surface area contributed by atoms with E-state index < -0.39 is 6.43 Å². The molecule has 206 valence electrons. The van der Waals surface area contributed by atoms with Gasteiger partial charge in [0.05, 0.1) is 18.8 Å². The van der Waals surface area contributed by atoms with Gasteiger partial charge in [0.1, 0.15) is 6.29 Å². The molecule has 0 N–H and O–H groups in total. The quantitative estimate of drug-likeness (QED) is 0.422. The van der Waals surface area contributed by atoms with E-state index in [1.54, 1.807) is 37.1 Å². The first-order valence-corrected chi connectivity index (χ1v) is 13.9. The molecule has 4 heterocycles. The van der Waals surface area contributed by atoms with Gasteiger partial charge in [-0.15, -0.1) is 0 Å². The minimum Gasteiger partial charge on any atom is -0.338 e. The monoisotopic (exact) mass is 536 g/mol. The van der Waals surface area contributed by atoms with Crippen molar-refractivity contribution in [3.8, 4) is 11.1 Å². The van der Waals surface area contributed by atoms with Gasteiger partial charge in [0.25, 0.3) is 6.43 Å². The van der Waals surface area contributed by atoms with E-state index in [1.807, 2.05) is 11.0 Å². The van der Waals surface area contributed by atoms with Crippen molar-refractivity contribution < 1.29 is 18.4 Å². The molecule has 2 aromatic heterocycles. The van der Waals surface area contributed by atoms with Crippen molar-refractivity contribution in [2.75, 3.05) is 18.0 Å². The number of hydrogen-bond acceptors (Lipinski definition) is 5. The number of aldehydes is 1. The number of anilines is 2. The summed E-state index contributed by atoms with van der Waals surface area (Å²) in [6, 6.07) is 3.72. The zero-order valence-corrected chi connectivity index (χ0v) is 22.4. The first kappa shape index (κ1) is 25.7. The number of carbonyl (C=O) groups excluding carboxylic acids is 2. The van der Waals surface area contributed by atoms with Crippen LogP contribution >= 0.6 is 0 Å². The molecular weight excluding hydrogens is 502 g/mol. The molecule has 0 spiro atoms. The van der Waals surface area contributed by atoms with Gasteiger partial charge in [-0.25, -0.2) is 8.78 Å². The minimum absolute atomic E-state index is 0.0144. The lowest BCUT2D eigenvalue weighted by Crippen LogP contribution is -2.36. The SMILES string of the molecule is CC(=O)N1CCc2c(c(N3CCCc4cc(-c5cnn(C)c5)c(C(F)F)cc43)nn2[C@H]2CC[C@H](C=O)CC2)C1. The van der Waals surface area contributed by atoms with Crippen LogP contribution in [-0.2, 0) is 36.0 Å². The van der Waals surface area contributed by atoms with Crippen LogP contribution in [0.4, 0.5) is 20.3 Å². The number of aromatic nitrogens is 4. The van der Waals surface area contributed by atoms with Gasteiger partial charge in [0.15, 0.2) is 5.82 Å². The van der Waals surface area contributed by atoms with Crippen molar-refractivity contribution in [3.05, 3.63) is 46.9 Å². The van der Waals surface area contributed by atoms with E-state index in [2.05, 4.69) is 14.7 Å². The Kier molecular flexibility index (Phi) is 6.72.